The zero-order chi connectivity index (χ0) is 14.5. The molecule has 0 N–H and O–H groups in total. The van der Waals surface area contributed by atoms with Crippen LogP contribution in [-0.2, 0) is 0 Å². The van der Waals surface area contributed by atoms with Gasteiger partial charge < -0.3 is 9.64 Å². The Bertz CT molecular complexity index is 425. The van der Waals surface area contributed by atoms with Gasteiger partial charge in [-0.25, -0.2) is 0 Å². The van der Waals surface area contributed by atoms with Crippen LogP contribution < -0.4 is 4.74 Å². The highest BCUT2D eigenvalue weighted by molar-refractivity contribution is 5.30. The lowest BCUT2D eigenvalue weighted by Crippen LogP contribution is -2.29. The van der Waals surface area contributed by atoms with E-state index in [2.05, 4.69) is 41.1 Å². The van der Waals surface area contributed by atoms with Crippen LogP contribution in [-0.4, -0.2) is 49.1 Å². The van der Waals surface area contributed by atoms with Gasteiger partial charge in [0.25, 0.3) is 0 Å². The van der Waals surface area contributed by atoms with E-state index < -0.39 is 0 Å². The summed E-state index contributed by atoms with van der Waals surface area (Å²) in [5, 5.41) is 0. The van der Waals surface area contributed by atoms with Crippen molar-refractivity contribution in [1.29, 1.82) is 0 Å². The van der Waals surface area contributed by atoms with Gasteiger partial charge >= 0.3 is 0 Å². The van der Waals surface area contributed by atoms with Crippen molar-refractivity contribution in [2.45, 2.75) is 31.6 Å². The molecule has 0 amide bonds. The van der Waals surface area contributed by atoms with Crippen LogP contribution >= 0.6 is 0 Å². The second-order valence-electron chi connectivity index (χ2n) is 6.38. The van der Waals surface area contributed by atoms with E-state index in [4.69, 9.17) is 4.74 Å². The Morgan fingerprint density at radius 3 is 2.52 bits per heavy atom. The molecule has 0 saturated carbocycles. The average molecular weight is 287 g/mol. The van der Waals surface area contributed by atoms with Crippen LogP contribution in [0.25, 0.3) is 0 Å². The molecule has 2 heterocycles. The standard InChI is InChI=1S/C18H27N2O/c1-19-10-4-5-17(15-19)16-6-8-18(9-7-16)21-14-13-20-11-2-3-12-20/h6-9,17H,1-5,10-15H2/q-1. The van der Waals surface area contributed by atoms with E-state index in [-0.39, 0.29) is 0 Å². The number of piperidine rings is 1. The van der Waals surface area contributed by atoms with Gasteiger partial charge in [0.2, 0.25) is 0 Å². The van der Waals surface area contributed by atoms with Gasteiger partial charge in [-0.15, -0.1) is 0 Å². The fourth-order valence-electron chi connectivity index (χ4n) is 3.46. The predicted molar refractivity (Wildman–Crippen MR) is 86.5 cm³/mol. The zero-order valence-corrected chi connectivity index (χ0v) is 13.0. The Balaban J connectivity index is 1.47. The fourth-order valence-corrected chi connectivity index (χ4v) is 3.46. The van der Waals surface area contributed by atoms with Gasteiger partial charge in [-0.2, -0.15) is 0 Å². The van der Waals surface area contributed by atoms with Crippen LogP contribution in [0.3, 0.4) is 0 Å². The third-order valence-corrected chi connectivity index (χ3v) is 4.73. The summed E-state index contributed by atoms with van der Waals surface area (Å²) in [5.74, 6) is 1.63. The van der Waals surface area contributed by atoms with E-state index in [0.29, 0.717) is 5.92 Å². The molecule has 0 aliphatic carbocycles. The van der Waals surface area contributed by atoms with Gasteiger partial charge in [-0.3, -0.25) is 11.9 Å². The van der Waals surface area contributed by atoms with Gasteiger partial charge in [0.15, 0.2) is 0 Å². The summed E-state index contributed by atoms with van der Waals surface area (Å²) < 4.78 is 5.87. The molecule has 116 valence electrons. The van der Waals surface area contributed by atoms with E-state index in [0.717, 1.165) is 32.0 Å². The number of ether oxygens (including phenoxy) is 1. The van der Waals surface area contributed by atoms with Crippen LogP contribution in [0.1, 0.15) is 37.2 Å². The van der Waals surface area contributed by atoms with Crippen molar-refractivity contribution in [1.82, 2.24) is 9.80 Å². The van der Waals surface area contributed by atoms with Gasteiger partial charge in [-0.05, 0) is 75.5 Å². The van der Waals surface area contributed by atoms with E-state index in [1.54, 1.807) is 0 Å². The molecule has 3 heteroatoms. The van der Waals surface area contributed by atoms with Gasteiger partial charge in [0.1, 0.15) is 12.4 Å². The van der Waals surface area contributed by atoms with Crippen molar-refractivity contribution < 1.29 is 4.74 Å². The van der Waals surface area contributed by atoms with E-state index in [1.807, 2.05) is 0 Å². The second-order valence-corrected chi connectivity index (χ2v) is 6.38. The van der Waals surface area contributed by atoms with Gasteiger partial charge in [-0.1, -0.05) is 12.1 Å². The number of benzene rings is 1. The van der Waals surface area contributed by atoms with Crippen molar-refractivity contribution >= 4 is 0 Å². The third kappa shape index (κ3) is 4.21. The summed E-state index contributed by atoms with van der Waals surface area (Å²) in [5.41, 5.74) is 1.43. The molecule has 0 bridgehead atoms. The molecule has 0 aromatic heterocycles. The lowest BCUT2D eigenvalue weighted by Gasteiger charge is -2.35. The molecule has 2 saturated heterocycles. The minimum absolute atomic E-state index is 0.634. The maximum Gasteiger partial charge on any atom is 0.119 e. The Hall–Kier alpha value is -1.06. The first-order valence-corrected chi connectivity index (χ1v) is 8.32. The Morgan fingerprint density at radius 2 is 1.81 bits per heavy atom. The molecular formula is C18H27N2O-. The number of hydrogen-bond acceptors (Lipinski definition) is 3. The molecule has 3 rings (SSSR count). The highest BCUT2D eigenvalue weighted by Crippen LogP contribution is 2.27. The van der Waals surface area contributed by atoms with Crippen LogP contribution in [0.4, 0.5) is 0 Å². The summed E-state index contributed by atoms with van der Waals surface area (Å²) in [6.45, 7) is 6.55. The minimum Gasteiger partial charge on any atom is -0.492 e. The SMILES string of the molecule is [CH2-]N1CCCC(c2ccc(OCCN3CCCC3)cc2)C1. The predicted octanol–water partition coefficient (Wildman–Crippen LogP) is 3.13. The first-order valence-electron chi connectivity index (χ1n) is 8.32. The van der Waals surface area contributed by atoms with Crippen molar-refractivity contribution in [3.05, 3.63) is 36.9 Å². The third-order valence-electron chi connectivity index (χ3n) is 4.73. The maximum atomic E-state index is 5.87. The molecule has 1 atom stereocenters. The largest absolute Gasteiger partial charge is 0.492 e. The van der Waals surface area contributed by atoms with Crippen molar-refractivity contribution in [3.8, 4) is 5.75 Å². The van der Waals surface area contributed by atoms with Crippen molar-refractivity contribution in [2.24, 2.45) is 0 Å². The van der Waals surface area contributed by atoms with Crippen LogP contribution in [0.15, 0.2) is 24.3 Å². The monoisotopic (exact) mass is 287 g/mol. The van der Waals surface area contributed by atoms with E-state index >= 15 is 0 Å². The highest BCUT2D eigenvalue weighted by Gasteiger charge is 2.16. The molecule has 2 aliphatic heterocycles. The Labute approximate surface area is 128 Å². The molecule has 2 fully saturated rings. The maximum absolute atomic E-state index is 5.87. The van der Waals surface area contributed by atoms with Crippen molar-refractivity contribution in [3.63, 3.8) is 0 Å². The first kappa shape index (κ1) is 14.9. The molecule has 3 nitrogen and oxygen atoms in total. The fraction of sp³-hybridized carbons (Fsp3) is 0.611. The number of likely N-dealkylation sites (tertiary alicyclic amines) is 2. The Kier molecular flexibility index (Phi) is 5.15. The molecule has 1 unspecified atom stereocenters. The summed E-state index contributed by atoms with van der Waals surface area (Å²) in [6.07, 6.45) is 5.22. The number of hydrogen-bond donors (Lipinski definition) is 0. The molecule has 21 heavy (non-hydrogen) atoms. The Morgan fingerprint density at radius 1 is 1.05 bits per heavy atom. The highest BCUT2D eigenvalue weighted by atomic mass is 16.5. The van der Waals surface area contributed by atoms with Crippen molar-refractivity contribution in [2.75, 3.05) is 39.3 Å². The molecule has 1 aromatic carbocycles. The summed E-state index contributed by atoms with van der Waals surface area (Å²) in [7, 11) is 4.07. The molecular weight excluding hydrogens is 260 g/mol. The first-order chi connectivity index (χ1) is 10.3. The number of rotatable bonds is 5. The quantitative estimate of drug-likeness (QED) is 0.774. The topological polar surface area (TPSA) is 15.7 Å². The lowest BCUT2D eigenvalue weighted by atomic mass is 9.91. The summed E-state index contributed by atoms with van der Waals surface area (Å²) in [4.78, 5) is 4.67. The average Bonchev–Trinajstić information content (AvgIpc) is 3.01. The lowest BCUT2D eigenvalue weighted by molar-refractivity contribution is 0.237. The molecule has 1 aromatic rings. The van der Waals surface area contributed by atoms with Gasteiger partial charge in [0.05, 0.1) is 0 Å². The summed E-state index contributed by atoms with van der Waals surface area (Å²) >= 11 is 0. The number of nitrogens with zero attached hydrogens (tertiary/aromatic N) is 2. The molecule has 0 spiro atoms. The minimum atomic E-state index is 0.634. The smallest absolute Gasteiger partial charge is 0.119 e. The summed E-state index contributed by atoms with van der Waals surface area (Å²) in [6, 6.07) is 8.72. The van der Waals surface area contributed by atoms with Gasteiger partial charge in [0, 0.05) is 6.54 Å². The zero-order valence-electron chi connectivity index (χ0n) is 13.0. The molecule has 0 radical (unpaired) electrons. The molecule has 2 aliphatic rings. The van der Waals surface area contributed by atoms with E-state index in [1.165, 1.54) is 44.3 Å². The van der Waals surface area contributed by atoms with Crippen LogP contribution in [0.5, 0.6) is 5.75 Å². The van der Waals surface area contributed by atoms with Crippen LogP contribution in [0.2, 0.25) is 0 Å². The second kappa shape index (κ2) is 7.28. The van der Waals surface area contributed by atoms with Crippen LogP contribution in [0, 0.1) is 7.05 Å². The van der Waals surface area contributed by atoms with E-state index in [9.17, 15) is 0 Å². The normalized spacial score (nSPS) is 24.3.